The van der Waals surface area contributed by atoms with Gasteiger partial charge in [0.25, 0.3) is 0 Å². The van der Waals surface area contributed by atoms with Crippen LogP contribution in [0.2, 0.25) is 0 Å². The summed E-state index contributed by atoms with van der Waals surface area (Å²) in [6, 6.07) is 12.8. The predicted octanol–water partition coefficient (Wildman–Crippen LogP) is 2.74. The van der Waals surface area contributed by atoms with Crippen LogP contribution in [0, 0.1) is 11.3 Å². The van der Waals surface area contributed by atoms with E-state index in [1.807, 2.05) is 12.1 Å². The van der Waals surface area contributed by atoms with Gasteiger partial charge < -0.3 is 10.1 Å². The Morgan fingerprint density at radius 3 is 2.62 bits per heavy atom. The van der Waals surface area contributed by atoms with Gasteiger partial charge in [-0.05, 0) is 36.8 Å². The molecule has 1 heterocycles. The quantitative estimate of drug-likeness (QED) is 0.853. The second-order valence-corrected chi connectivity index (χ2v) is 4.31. The van der Waals surface area contributed by atoms with E-state index in [1.165, 1.54) is 6.20 Å². The van der Waals surface area contributed by atoms with E-state index in [2.05, 4.69) is 16.4 Å². The first-order valence-electron chi connectivity index (χ1n) is 6.59. The maximum absolute atomic E-state index is 11.5. The van der Waals surface area contributed by atoms with E-state index in [0.29, 0.717) is 30.1 Å². The zero-order chi connectivity index (χ0) is 15.1. The molecule has 0 aliphatic heterocycles. The monoisotopic (exact) mass is 281 g/mol. The molecular weight excluding hydrogens is 266 g/mol. The molecule has 2 aromatic rings. The van der Waals surface area contributed by atoms with Gasteiger partial charge in [0.1, 0.15) is 5.82 Å². The first-order chi connectivity index (χ1) is 10.2. The number of nitrogens with zero attached hydrogens (tertiary/aromatic N) is 2. The van der Waals surface area contributed by atoms with Crippen molar-refractivity contribution in [2.24, 2.45) is 0 Å². The SMILES string of the molecule is CCOC(=O)c1ccc(NCc2ccc(C#N)cc2)nc1. The van der Waals surface area contributed by atoms with Crippen LogP contribution in [0.25, 0.3) is 0 Å². The maximum atomic E-state index is 11.5. The van der Waals surface area contributed by atoms with Crippen LogP contribution in [0.1, 0.15) is 28.4 Å². The smallest absolute Gasteiger partial charge is 0.339 e. The van der Waals surface area contributed by atoms with Gasteiger partial charge in [0, 0.05) is 12.7 Å². The third kappa shape index (κ3) is 4.05. The molecule has 0 fully saturated rings. The Labute approximate surface area is 123 Å². The molecular formula is C16H15N3O2. The fraction of sp³-hybridized carbons (Fsp3) is 0.188. The molecule has 0 spiro atoms. The van der Waals surface area contributed by atoms with Crippen molar-refractivity contribution in [2.45, 2.75) is 13.5 Å². The van der Waals surface area contributed by atoms with Crippen molar-refractivity contribution in [3.05, 3.63) is 59.3 Å². The molecule has 0 atom stereocenters. The second-order valence-electron chi connectivity index (χ2n) is 4.31. The Morgan fingerprint density at radius 2 is 2.05 bits per heavy atom. The number of benzene rings is 1. The maximum Gasteiger partial charge on any atom is 0.339 e. The summed E-state index contributed by atoms with van der Waals surface area (Å²) in [4.78, 5) is 15.7. The second kappa shape index (κ2) is 7.06. The number of nitrogens with one attached hydrogen (secondary N) is 1. The van der Waals surface area contributed by atoms with E-state index in [9.17, 15) is 4.79 Å². The third-order valence-corrected chi connectivity index (χ3v) is 2.83. The lowest BCUT2D eigenvalue weighted by atomic mass is 10.1. The predicted molar refractivity (Wildman–Crippen MR) is 78.7 cm³/mol. The van der Waals surface area contributed by atoms with Crippen LogP contribution in [0.15, 0.2) is 42.6 Å². The van der Waals surface area contributed by atoms with Gasteiger partial charge in [-0.2, -0.15) is 5.26 Å². The number of rotatable bonds is 5. The number of esters is 1. The normalized spacial score (nSPS) is 9.71. The minimum atomic E-state index is -0.372. The van der Waals surface area contributed by atoms with E-state index in [-0.39, 0.29) is 5.97 Å². The molecule has 0 unspecified atom stereocenters. The summed E-state index contributed by atoms with van der Waals surface area (Å²) >= 11 is 0. The summed E-state index contributed by atoms with van der Waals surface area (Å²) < 4.78 is 4.89. The largest absolute Gasteiger partial charge is 0.462 e. The molecule has 5 nitrogen and oxygen atoms in total. The molecule has 5 heteroatoms. The molecule has 0 aliphatic rings. The van der Waals surface area contributed by atoms with Gasteiger partial charge in [-0.1, -0.05) is 12.1 Å². The Hall–Kier alpha value is -2.87. The summed E-state index contributed by atoms with van der Waals surface area (Å²) in [6.07, 6.45) is 1.49. The van der Waals surface area contributed by atoms with Gasteiger partial charge in [0.2, 0.25) is 0 Å². The molecule has 0 saturated heterocycles. The van der Waals surface area contributed by atoms with Crippen molar-refractivity contribution in [2.75, 3.05) is 11.9 Å². The number of anilines is 1. The summed E-state index contributed by atoms with van der Waals surface area (Å²) in [6.45, 7) is 2.70. The van der Waals surface area contributed by atoms with Crippen LogP contribution in [0.3, 0.4) is 0 Å². The molecule has 1 aromatic heterocycles. The lowest BCUT2D eigenvalue weighted by Gasteiger charge is -2.06. The number of pyridine rings is 1. The molecule has 0 amide bonds. The summed E-state index contributed by atoms with van der Waals surface area (Å²) in [7, 11) is 0. The number of aromatic nitrogens is 1. The summed E-state index contributed by atoms with van der Waals surface area (Å²) in [5.74, 6) is 0.302. The number of hydrogen-bond donors (Lipinski definition) is 1. The van der Waals surface area contributed by atoms with Crippen molar-refractivity contribution in [1.82, 2.24) is 4.98 Å². The van der Waals surface area contributed by atoms with E-state index in [1.54, 1.807) is 31.2 Å². The zero-order valence-corrected chi connectivity index (χ0v) is 11.7. The van der Waals surface area contributed by atoms with Crippen LogP contribution in [0.4, 0.5) is 5.82 Å². The molecule has 106 valence electrons. The minimum Gasteiger partial charge on any atom is -0.462 e. The molecule has 2 rings (SSSR count). The van der Waals surface area contributed by atoms with Crippen LogP contribution < -0.4 is 5.32 Å². The van der Waals surface area contributed by atoms with Gasteiger partial charge in [-0.3, -0.25) is 0 Å². The fourth-order valence-corrected chi connectivity index (χ4v) is 1.72. The van der Waals surface area contributed by atoms with Crippen LogP contribution in [-0.4, -0.2) is 17.6 Å². The number of carbonyl (C=O) groups excluding carboxylic acids is 1. The molecule has 0 saturated carbocycles. The first kappa shape index (κ1) is 14.5. The van der Waals surface area contributed by atoms with E-state index >= 15 is 0 Å². The summed E-state index contributed by atoms with van der Waals surface area (Å²) in [5, 5.41) is 11.9. The Bertz CT molecular complexity index is 643. The topological polar surface area (TPSA) is 75.0 Å². The van der Waals surface area contributed by atoms with Gasteiger partial charge in [-0.25, -0.2) is 9.78 Å². The molecule has 0 bridgehead atoms. The number of nitriles is 1. The average molecular weight is 281 g/mol. The van der Waals surface area contributed by atoms with E-state index in [4.69, 9.17) is 10.00 Å². The number of ether oxygens (including phenoxy) is 1. The Balaban J connectivity index is 1.94. The van der Waals surface area contributed by atoms with Gasteiger partial charge >= 0.3 is 5.97 Å². The highest BCUT2D eigenvalue weighted by atomic mass is 16.5. The number of carbonyl (C=O) groups is 1. The lowest BCUT2D eigenvalue weighted by Crippen LogP contribution is -2.06. The van der Waals surface area contributed by atoms with Crippen molar-refractivity contribution < 1.29 is 9.53 Å². The molecule has 0 radical (unpaired) electrons. The standard InChI is InChI=1S/C16H15N3O2/c1-2-21-16(20)14-7-8-15(19-11-14)18-10-13-5-3-12(9-17)4-6-13/h3-8,11H,2,10H2,1H3,(H,18,19). The van der Waals surface area contributed by atoms with Crippen LogP contribution in [-0.2, 0) is 11.3 Å². The van der Waals surface area contributed by atoms with Crippen molar-refractivity contribution >= 4 is 11.8 Å². The summed E-state index contributed by atoms with van der Waals surface area (Å²) in [5.41, 5.74) is 2.11. The molecule has 1 aromatic carbocycles. The van der Waals surface area contributed by atoms with Gasteiger partial charge in [0.05, 0.1) is 23.8 Å². The minimum absolute atomic E-state index is 0.345. The highest BCUT2D eigenvalue weighted by molar-refractivity contribution is 5.89. The van der Waals surface area contributed by atoms with Crippen molar-refractivity contribution in [1.29, 1.82) is 5.26 Å². The first-order valence-corrected chi connectivity index (χ1v) is 6.59. The average Bonchev–Trinajstić information content (AvgIpc) is 2.54. The lowest BCUT2D eigenvalue weighted by molar-refractivity contribution is 0.0526. The van der Waals surface area contributed by atoms with Crippen molar-refractivity contribution in [3.8, 4) is 6.07 Å². The highest BCUT2D eigenvalue weighted by Gasteiger charge is 2.06. The Morgan fingerprint density at radius 1 is 1.29 bits per heavy atom. The number of hydrogen-bond acceptors (Lipinski definition) is 5. The van der Waals surface area contributed by atoms with Gasteiger partial charge in [0.15, 0.2) is 0 Å². The Kier molecular flexibility index (Phi) is 4.89. The molecule has 0 aliphatic carbocycles. The van der Waals surface area contributed by atoms with Crippen LogP contribution in [0.5, 0.6) is 0 Å². The van der Waals surface area contributed by atoms with E-state index < -0.39 is 0 Å². The van der Waals surface area contributed by atoms with Crippen LogP contribution >= 0.6 is 0 Å². The third-order valence-electron chi connectivity index (χ3n) is 2.83. The molecule has 21 heavy (non-hydrogen) atoms. The fourth-order valence-electron chi connectivity index (χ4n) is 1.72. The van der Waals surface area contributed by atoms with Gasteiger partial charge in [-0.15, -0.1) is 0 Å². The zero-order valence-electron chi connectivity index (χ0n) is 11.7. The van der Waals surface area contributed by atoms with Crippen molar-refractivity contribution in [3.63, 3.8) is 0 Å². The highest BCUT2D eigenvalue weighted by Crippen LogP contribution is 2.09. The van der Waals surface area contributed by atoms with E-state index in [0.717, 1.165) is 5.56 Å². The molecule has 1 N–H and O–H groups in total.